The van der Waals surface area contributed by atoms with Gasteiger partial charge in [0.15, 0.2) is 0 Å². The average molecular weight is 414 g/mol. The second-order valence-electron chi connectivity index (χ2n) is 10.3. The molecule has 0 spiro atoms. The van der Waals surface area contributed by atoms with Crippen LogP contribution in [0.3, 0.4) is 0 Å². The van der Waals surface area contributed by atoms with Crippen LogP contribution in [-0.2, 0) is 10.8 Å². The molecule has 0 radical (unpaired) electrons. The summed E-state index contributed by atoms with van der Waals surface area (Å²) < 4.78 is 0. The molecule has 1 aliphatic rings. The summed E-state index contributed by atoms with van der Waals surface area (Å²) in [6.45, 7) is 17.4. The van der Waals surface area contributed by atoms with E-state index >= 15 is 0 Å². The number of para-hydroxylation sites is 2. The minimum atomic E-state index is 0.0442. The lowest BCUT2D eigenvalue weighted by molar-refractivity contribution is 0.591. The number of nitrogens with zero attached hydrogens (tertiary/aromatic N) is 3. The van der Waals surface area contributed by atoms with Gasteiger partial charge in [-0.05, 0) is 47.9 Å². The van der Waals surface area contributed by atoms with Crippen LogP contribution in [-0.4, -0.2) is 17.1 Å². The van der Waals surface area contributed by atoms with Gasteiger partial charge < -0.3 is 0 Å². The Morgan fingerprint density at radius 2 is 1.16 bits per heavy atom. The van der Waals surface area contributed by atoms with E-state index in [1.54, 1.807) is 0 Å². The Morgan fingerprint density at radius 3 is 1.65 bits per heavy atom. The predicted molar refractivity (Wildman–Crippen MR) is 136 cm³/mol. The van der Waals surface area contributed by atoms with Crippen molar-refractivity contribution in [2.24, 2.45) is 15.0 Å². The van der Waals surface area contributed by atoms with Crippen LogP contribution in [0.15, 0.2) is 75.3 Å². The number of rotatable bonds is 4. The van der Waals surface area contributed by atoms with E-state index in [4.69, 9.17) is 15.0 Å². The third kappa shape index (κ3) is 5.46. The summed E-state index contributed by atoms with van der Waals surface area (Å²) in [5.41, 5.74) is 8.48. The highest BCUT2D eigenvalue weighted by Gasteiger charge is 2.20. The van der Waals surface area contributed by atoms with E-state index in [2.05, 4.69) is 90.9 Å². The Bertz CT molecular complexity index is 1080. The molecule has 1 heterocycles. The molecule has 3 nitrogen and oxygen atoms in total. The van der Waals surface area contributed by atoms with Crippen LogP contribution in [0.5, 0.6) is 0 Å². The lowest BCUT2D eigenvalue weighted by atomic mass is 9.86. The Morgan fingerprint density at radius 1 is 0.710 bits per heavy atom. The number of hydrogen-bond donors (Lipinski definition) is 0. The lowest BCUT2D eigenvalue weighted by Gasteiger charge is -2.21. The molecule has 0 aliphatic carbocycles. The number of hydrogen-bond acceptors (Lipinski definition) is 3. The lowest BCUT2D eigenvalue weighted by Crippen LogP contribution is -2.12. The Kier molecular flexibility index (Phi) is 6.45. The fourth-order valence-corrected chi connectivity index (χ4v) is 3.78. The summed E-state index contributed by atoms with van der Waals surface area (Å²) in [6.07, 6.45) is 2.94. The largest absolute Gasteiger partial charge is 0.252 e. The molecule has 3 heteroatoms. The maximum atomic E-state index is 4.94. The second-order valence-corrected chi connectivity index (χ2v) is 10.3. The summed E-state index contributed by atoms with van der Waals surface area (Å²) in [6, 6.07) is 16.7. The molecule has 0 atom stereocenters. The minimum Gasteiger partial charge on any atom is -0.252 e. The van der Waals surface area contributed by atoms with Gasteiger partial charge in [-0.25, -0.2) is 4.99 Å². The Labute approximate surface area is 187 Å². The average Bonchev–Trinajstić information content (AvgIpc) is 3.18. The van der Waals surface area contributed by atoms with Gasteiger partial charge in [-0.2, -0.15) is 0 Å². The third-order valence-corrected chi connectivity index (χ3v) is 5.53. The zero-order chi connectivity index (χ0) is 22.8. The van der Waals surface area contributed by atoms with Crippen LogP contribution < -0.4 is 0 Å². The van der Waals surface area contributed by atoms with E-state index in [-0.39, 0.29) is 10.8 Å². The summed E-state index contributed by atoms with van der Waals surface area (Å²) in [5, 5.41) is 0. The van der Waals surface area contributed by atoms with Crippen molar-refractivity contribution in [3.63, 3.8) is 0 Å². The topological polar surface area (TPSA) is 37.1 Å². The highest BCUT2D eigenvalue weighted by atomic mass is 14.9. The molecule has 1 aliphatic heterocycles. The first kappa shape index (κ1) is 22.9. The van der Waals surface area contributed by atoms with Crippen LogP contribution in [0, 0.1) is 0 Å². The zero-order valence-electron chi connectivity index (χ0n) is 20.2. The van der Waals surface area contributed by atoms with Gasteiger partial charge in [0.1, 0.15) is 0 Å². The van der Waals surface area contributed by atoms with Gasteiger partial charge in [0.25, 0.3) is 0 Å². The summed E-state index contributed by atoms with van der Waals surface area (Å²) >= 11 is 0. The third-order valence-electron chi connectivity index (χ3n) is 5.53. The highest BCUT2D eigenvalue weighted by molar-refractivity contribution is 6.43. The highest BCUT2D eigenvalue weighted by Crippen LogP contribution is 2.33. The van der Waals surface area contributed by atoms with Crippen molar-refractivity contribution in [1.29, 1.82) is 0 Å². The molecule has 2 aromatic carbocycles. The molecule has 0 amide bonds. The predicted octanol–water partition coefficient (Wildman–Crippen LogP) is 7.90. The molecule has 2 aromatic rings. The van der Waals surface area contributed by atoms with E-state index in [0.717, 1.165) is 40.6 Å². The van der Waals surface area contributed by atoms with Crippen molar-refractivity contribution >= 4 is 28.5 Å². The molecule has 0 aromatic heterocycles. The molecule has 0 saturated carbocycles. The van der Waals surface area contributed by atoms with E-state index in [1.807, 2.05) is 19.1 Å². The van der Waals surface area contributed by atoms with Gasteiger partial charge >= 0.3 is 0 Å². The Balaban J connectivity index is 1.88. The molecule has 0 unspecified atom stereocenters. The van der Waals surface area contributed by atoms with Gasteiger partial charge in [0, 0.05) is 6.42 Å². The first-order valence-corrected chi connectivity index (χ1v) is 11.0. The summed E-state index contributed by atoms with van der Waals surface area (Å²) in [4.78, 5) is 14.8. The van der Waals surface area contributed by atoms with E-state index in [9.17, 15) is 0 Å². The quantitative estimate of drug-likeness (QED) is 0.457. The molecule has 3 rings (SSSR count). The fourth-order valence-electron chi connectivity index (χ4n) is 3.78. The van der Waals surface area contributed by atoms with Crippen molar-refractivity contribution in [1.82, 2.24) is 0 Å². The molecule has 0 bridgehead atoms. The Hall–Kier alpha value is -2.81. The van der Waals surface area contributed by atoms with E-state index in [0.29, 0.717) is 0 Å². The molecule has 0 saturated heterocycles. The summed E-state index contributed by atoms with van der Waals surface area (Å²) in [5.74, 6) is 0. The first-order chi connectivity index (χ1) is 14.5. The minimum absolute atomic E-state index is 0.0442. The SMILES string of the molecule is C/C(=N\c1ccccc1C(C)(C)C)C1=CCC(/C(C)=N/c2ccccc2C(C)(C)C)=N1. The van der Waals surface area contributed by atoms with Crippen LogP contribution >= 0.6 is 0 Å². The maximum Gasteiger partial charge on any atom is 0.0810 e. The molecular formula is C28H35N3. The molecule has 0 N–H and O–H groups in total. The first-order valence-electron chi connectivity index (χ1n) is 11.0. The number of aliphatic imine (C=N–C) groups is 3. The van der Waals surface area contributed by atoms with E-state index < -0.39 is 0 Å². The normalized spacial score (nSPS) is 15.7. The monoisotopic (exact) mass is 413 g/mol. The zero-order valence-corrected chi connectivity index (χ0v) is 20.2. The van der Waals surface area contributed by atoms with Crippen LogP contribution in [0.4, 0.5) is 11.4 Å². The van der Waals surface area contributed by atoms with Crippen molar-refractivity contribution in [3.05, 3.63) is 71.4 Å². The van der Waals surface area contributed by atoms with Gasteiger partial charge in [-0.3, -0.25) is 9.98 Å². The smallest absolute Gasteiger partial charge is 0.0810 e. The molecule has 31 heavy (non-hydrogen) atoms. The molecule has 0 fully saturated rings. The maximum absolute atomic E-state index is 4.94. The van der Waals surface area contributed by atoms with Crippen molar-refractivity contribution in [3.8, 4) is 0 Å². The van der Waals surface area contributed by atoms with Crippen LogP contribution in [0.2, 0.25) is 0 Å². The standard InChI is InChI=1S/C28H35N3/c1-19(29-25-15-11-9-13-21(25)27(3,4)5)23-17-18-24(31-23)20(2)30-26-16-12-10-14-22(26)28(6,7)8/h9-17H,18H2,1-8H3/b29-19+,30-20+. The van der Waals surface area contributed by atoms with Gasteiger partial charge in [0.2, 0.25) is 0 Å². The van der Waals surface area contributed by atoms with Crippen LogP contribution in [0.25, 0.3) is 0 Å². The summed E-state index contributed by atoms with van der Waals surface area (Å²) in [7, 11) is 0. The second kappa shape index (κ2) is 8.74. The number of benzene rings is 2. The van der Waals surface area contributed by atoms with Gasteiger partial charge in [0.05, 0.1) is 34.2 Å². The van der Waals surface area contributed by atoms with Gasteiger partial charge in [-0.15, -0.1) is 0 Å². The van der Waals surface area contributed by atoms with Crippen molar-refractivity contribution in [2.75, 3.05) is 0 Å². The number of allylic oxidation sites excluding steroid dienone is 2. The van der Waals surface area contributed by atoms with Crippen molar-refractivity contribution < 1.29 is 0 Å². The molecular weight excluding hydrogens is 378 g/mol. The van der Waals surface area contributed by atoms with Crippen molar-refractivity contribution in [2.45, 2.75) is 72.6 Å². The molecule has 162 valence electrons. The van der Waals surface area contributed by atoms with Gasteiger partial charge in [-0.1, -0.05) is 84.0 Å². The van der Waals surface area contributed by atoms with Crippen LogP contribution in [0.1, 0.15) is 72.9 Å². The fraction of sp³-hybridized carbons (Fsp3) is 0.393. The van der Waals surface area contributed by atoms with E-state index in [1.165, 1.54) is 11.1 Å².